The van der Waals surface area contributed by atoms with Gasteiger partial charge in [-0.25, -0.2) is 4.98 Å². The summed E-state index contributed by atoms with van der Waals surface area (Å²) in [5.41, 5.74) is 1.28. The summed E-state index contributed by atoms with van der Waals surface area (Å²) < 4.78 is 0. The van der Waals surface area contributed by atoms with E-state index in [-0.39, 0.29) is 5.54 Å². The highest BCUT2D eigenvalue weighted by Crippen LogP contribution is 2.35. The van der Waals surface area contributed by atoms with Crippen molar-refractivity contribution in [3.63, 3.8) is 0 Å². The molecule has 104 valence electrons. The predicted molar refractivity (Wildman–Crippen MR) is 81.4 cm³/mol. The van der Waals surface area contributed by atoms with Crippen LogP contribution in [0, 0.1) is 13.8 Å². The summed E-state index contributed by atoms with van der Waals surface area (Å²) in [6.45, 7) is 13.3. The van der Waals surface area contributed by atoms with E-state index in [0.717, 1.165) is 0 Å². The maximum absolute atomic E-state index is 4.83. The molecule has 0 aromatic carbocycles. The molecule has 0 saturated heterocycles. The third-order valence-corrected chi connectivity index (χ3v) is 4.63. The molecule has 18 heavy (non-hydrogen) atoms. The van der Waals surface area contributed by atoms with E-state index in [9.17, 15) is 0 Å². The molecule has 3 heteroatoms. The number of aryl methyl sites for hydroxylation is 2. The maximum Gasteiger partial charge on any atom is 0.113 e. The fourth-order valence-electron chi connectivity index (χ4n) is 2.63. The molecule has 0 unspecified atom stereocenters. The van der Waals surface area contributed by atoms with Crippen LogP contribution in [-0.2, 0) is 5.54 Å². The molecule has 0 aliphatic heterocycles. The van der Waals surface area contributed by atoms with Gasteiger partial charge in [-0.15, -0.1) is 11.3 Å². The lowest BCUT2D eigenvalue weighted by atomic mass is 9.88. The topological polar surface area (TPSA) is 24.9 Å². The molecule has 0 aliphatic rings. The van der Waals surface area contributed by atoms with Gasteiger partial charge in [0.15, 0.2) is 0 Å². The lowest BCUT2D eigenvalue weighted by Crippen LogP contribution is -2.46. The number of hydrogen-bond acceptors (Lipinski definition) is 3. The van der Waals surface area contributed by atoms with Gasteiger partial charge in [-0.2, -0.15) is 0 Å². The van der Waals surface area contributed by atoms with Gasteiger partial charge in [0.05, 0.1) is 11.2 Å². The molecule has 1 aromatic rings. The van der Waals surface area contributed by atoms with Gasteiger partial charge in [-0.3, -0.25) is 0 Å². The van der Waals surface area contributed by atoms with Crippen molar-refractivity contribution >= 4 is 11.3 Å². The van der Waals surface area contributed by atoms with Crippen LogP contribution < -0.4 is 5.32 Å². The third kappa shape index (κ3) is 3.55. The molecule has 0 saturated carbocycles. The molecule has 0 bridgehead atoms. The van der Waals surface area contributed by atoms with Gasteiger partial charge in [0.1, 0.15) is 5.01 Å². The average Bonchev–Trinajstić information content (AvgIpc) is 2.59. The van der Waals surface area contributed by atoms with Crippen LogP contribution in [0.4, 0.5) is 0 Å². The van der Waals surface area contributed by atoms with Crippen LogP contribution in [0.1, 0.15) is 69.0 Å². The second-order valence-electron chi connectivity index (χ2n) is 5.54. The summed E-state index contributed by atoms with van der Waals surface area (Å²) in [5.74, 6) is 0. The van der Waals surface area contributed by atoms with E-state index in [1.165, 1.54) is 41.3 Å². The van der Waals surface area contributed by atoms with Crippen molar-refractivity contribution in [2.45, 2.75) is 78.8 Å². The number of aromatic nitrogens is 1. The van der Waals surface area contributed by atoms with Crippen LogP contribution >= 0.6 is 11.3 Å². The molecule has 1 N–H and O–H groups in total. The molecule has 1 rings (SSSR count). The van der Waals surface area contributed by atoms with Gasteiger partial charge in [0, 0.05) is 10.9 Å². The second kappa shape index (κ2) is 6.67. The summed E-state index contributed by atoms with van der Waals surface area (Å²) in [7, 11) is 0. The van der Waals surface area contributed by atoms with Crippen LogP contribution in [0.25, 0.3) is 0 Å². The lowest BCUT2D eigenvalue weighted by molar-refractivity contribution is 0.257. The first-order valence-electron chi connectivity index (χ1n) is 7.17. The van der Waals surface area contributed by atoms with Crippen LogP contribution in [-0.4, -0.2) is 11.0 Å². The zero-order valence-corrected chi connectivity index (χ0v) is 13.6. The minimum absolute atomic E-state index is 0.0847. The minimum atomic E-state index is 0.0847. The Balaban J connectivity index is 3.14. The first kappa shape index (κ1) is 15.6. The Morgan fingerprint density at radius 3 is 2.06 bits per heavy atom. The summed E-state index contributed by atoms with van der Waals surface area (Å²) in [4.78, 5) is 6.18. The van der Waals surface area contributed by atoms with Crippen molar-refractivity contribution in [2.24, 2.45) is 0 Å². The zero-order valence-electron chi connectivity index (χ0n) is 12.8. The lowest BCUT2D eigenvalue weighted by Gasteiger charge is -2.35. The Bertz CT molecular complexity index is 343. The Kier molecular flexibility index (Phi) is 5.80. The van der Waals surface area contributed by atoms with Crippen LogP contribution in [0.15, 0.2) is 0 Å². The first-order valence-corrected chi connectivity index (χ1v) is 7.99. The second-order valence-corrected chi connectivity index (χ2v) is 6.74. The van der Waals surface area contributed by atoms with Gasteiger partial charge in [0.25, 0.3) is 0 Å². The summed E-state index contributed by atoms with van der Waals surface area (Å²) in [6, 6.07) is 0.493. The highest BCUT2D eigenvalue weighted by atomic mass is 32.1. The number of hydrogen-bond donors (Lipinski definition) is 1. The van der Waals surface area contributed by atoms with Crippen molar-refractivity contribution in [3.8, 4) is 0 Å². The SMILES string of the molecule is CCCC(CCC)(NC(C)C)c1nc(C)c(C)s1. The average molecular weight is 268 g/mol. The first-order chi connectivity index (χ1) is 8.45. The molecule has 1 heterocycles. The van der Waals surface area contributed by atoms with Crippen molar-refractivity contribution in [3.05, 3.63) is 15.6 Å². The number of nitrogens with one attached hydrogen (secondary N) is 1. The van der Waals surface area contributed by atoms with E-state index in [0.29, 0.717) is 6.04 Å². The number of thiazole rings is 1. The Morgan fingerprint density at radius 2 is 1.72 bits per heavy atom. The smallest absolute Gasteiger partial charge is 0.113 e. The molecule has 0 aliphatic carbocycles. The summed E-state index contributed by atoms with van der Waals surface area (Å²) >= 11 is 1.87. The van der Waals surface area contributed by atoms with E-state index >= 15 is 0 Å². The van der Waals surface area contributed by atoms with E-state index in [1.54, 1.807) is 0 Å². The minimum Gasteiger partial charge on any atom is -0.303 e. The Morgan fingerprint density at radius 1 is 1.17 bits per heavy atom. The Hall–Kier alpha value is -0.410. The van der Waals surface area contributed by atoms with Gasteiger partial charge in [-0.05, 0) is 40.5 Å². The predicted octanol–water partition coefficient (Wildman–Crippen LogP) is 4.55. The maximum atomic E-state index is 4.83. The van der Waals surface area contributed by atoms with E-state index < -0.39 is 0 Å². The summed E-state index contributed by atoms with van der Waals surface area (Å²) in [5, 5.41) is 5.09. The molecule has 0 atom stereocenters. The highest BCUT2D eigenvalue weighted by molar-refractivity contribution is 7.11. The van der Waals surface area contributed by atoms with Gasteiger partial charge >= 0.3 is 0 Å². The molecule has 2 nitrogen and oxygen atoms in total. The molecule has 0 radical (unpaired) electrons. The molecule has 0 spiro atoms. The third-order valence-electron chi connectivity index (χ3n) is 3.36. The van der Waals surface area contributed by atoms with E-state index in [1.807, 2.05) is 11.3 Å². The summed E-state index contributed by atoms with van der Waals surface area (Å²) in [6.07, 6.45) is 4.73. The van der Waals surface area contributed by atoms with Gasteiger partial charge in [0.2, 0.25) is 0 Å². The van der Waals surface area contributed by atoms with Gasteiger partial charge < -0.3 is 5.32 Å². The largest absolute Gasteiger partial charge is 0.303 e. The monoisotopic (exact) mass is 268 g/mol. The van der Waals surface area contributed by atoms with Crippen LogP contribution in [0.5, 0.6) is 0 Å². The molecular formula is C15H28N2S. The number of nitrogens with zero attached hydrogens (tertiary/aromatic N) is 1. The molecule has 0 amide bonds. The molecule has 0 fully saturated rings. The van der Waals surface area contributed by atoms with Crippen LogP contribution in [0.3, 0.4) is 0 Å². The van der Waals surface area contributed by atoms with Crippen LogP contribution in [0.2, 0.25) is 0 Å². The molecular weight excluding hydrogens is 240 g/mol. The Labute approximate surface area is 116 Å². The van der Waals surface area contributed by atoms with Crippen molar-refractivity contribution in [2.75, 3.05) is 0 Å². The van der Waals surface area contributed by atoms with Gasteiger partial charge in [-0.1, -0.05) is 26.7 Å². The number of rotatable bonds is 7. The van der Waals surface area contributed by atoms with Crippen molar-refractivity contribution in [1.82, 2.24) is 10.3 Å². The standard InChI is InChI=1S/C15H28N2S/c1-7-9-15(10-8-2,17-11(3)4)14-16-12(5)13(6)18-14/h11,17H,7-10H2,1-6H3. The quantitative estimate of drug-likeness (QED) is 0.784. The molecule has 1 aromatic heterocycles. The van der Waals surface area contributed by atoms with Crippen molar-refractivity contribution in [1.29, 1.82) is 0 Å². The van der Waals surface area contributed by atoms with E-state index in [4.69, 9.17) is 4.98 Å². The zero-order chi connectivity index (χ0) is 13.8. The fourth-order valence-corrected chi connectivity index (χ4v) is 3.75. The van der Waals surface area contributed by atoms with E-state index in [2.05, 4.69) is 46.9 Å². The highest BCUT2D eigenvalue weighted by Gasteiger charge is 2.34. The normalized spacial score (nSPS) is 12.4. The van der Waals surface area contributed by atoms with Crippen molar-refractivity contribution < 1.29 is 0 Å². The fraction of sp³-hybridized carbons (Fsp3) is 0.800.